The predicted molar refractivity (Wildman–Crippen MR) is 111 cm³/mol. The lowest BCUT2D eigenvalue weighted by Crippen LogP contribution is -2.33. The van der Waals surface area contributed by atoms with E-state index >= 15 is 0 Å². The fourth-order valence-electron chi connectivity index (χ4n) is 3.16. The van der Waals surface area contributed by atoms with Crippen molar-refractivity contribution in [1.82, 2.24) is 4.57 Å². The van der Waals surface area contributed by atoms with Crippen molar-refractivity contribution in [3.63, 3.8) is 0 Å². The molecule has 3 rings (SSSR count). The van der Waals surface area contributed by atoms with Crippen molar-refractivity contribution in [3.8, 4) is 0 Å². The van der Waals surface area contributed by atoms with E-state index in [4.69, 9.17) is 27.8 Å². The van der Waals surface area contributed by atoms with Gasteiger partial charge in [0.1, 0.15) is 5.54 Å². The van der Waals surface area contributed by atoms with E-state index in [-0.39, 0.29) is 12.7 Å². The number of halogens is 1. The summed E-state index contributed by atoms with van der Waals surface area (Å²) >= 11 is 6.01. The summed E-state index contributed by atoms with van der Waals surface area (Å²) < 4.78 is 27.8. The van der Waals surface area contributed by atoms with Crippen molar-refractivity contribution < 1.29 is 18.0 Å². The van der Waals surface area contributed by atoms with Crippen LogP contribution in [0.25, 0.3) is 15.7 Å². The summed E-state index contributed by atoms with van der Waals surface area (Å²) in [5, 5.41) is 1.42. The molecule has 0 amide bonds. The second-order valence-corrected chi connectivity index (χ2v) is 8.66. The SMILES string of the molecule is O=C=O.[C-]#[N+]CC(C)(c1ccc(Cl)cc1)n1ccc2c(NS(C)(=O)=O)cccc21. The highest BCUT2D eigenvalue weighted by molar-refractivity contribution is 7.92. The van der Waals surface area contributed by atoms with Crippen LogP contribution in [0.5, 0.6) is 0 Å². The Morgan fingerprint density at radius 1 is 1.17 bits per heavy atom. The van der Waals surface area contributed by atoms with Crippen LogP contribution in [0.15, 0.2) is 54.7 Å². The van der Waals surface area contributed by atoms with E-state index in [0.717, 1.165) is 22.7 Å². The number of sulfonamides is 1. The Balaban J connectivity index is 0.000000941. The summed E-state index contributed by atoms with van der Waals surface area (Å²) in [4.78, 5) is 19.9. The second kappa shape index (κ2) is 8.93. The minimum Gasteiger partial charge on any atom is -0.330 e. The number of nitrogens with one attached hydrogen (secondary N) is 1. The number of rotatable bonds is 5. The number of fused-ring (bicyclic) bond motifs is 1. The quantitative estimate of drug-likeness (QED) is 0.623. The normalized spacial score (nSPS) is 12.8. The molecular formula is C20H18ClN3O4S. The van der Waals surface area contributed by atoms with Gasteiger partial charge < -0.3 is 9.41 Å². The number of benzene rings is 2. The lowest BCUT2D eigenvalue weighted by atomic mass is 9.91. The second-order valence-electron chi connectivity index (χ2n) is 6.48. The molecule has 1 unspecified atom stereocenters. The van der Waals surface area contributed by atoms with Gasteiger partial charge in [0.15, 0.2) is 0 Å². The van der Waals surface area contributed by atoms with Crippen molar-refractivity contribution in [3.05, 3.63) is 76.7 Å². The van der Waals surface area contributed by atoms with Gasteiger partial charge in [0.05, 0.1) is 17.5 Å². The van der Waals surface area contributed by atoms with Crippen LogP contribution in [-0.4, -0.2) is 31.9 Å². The summed E-state index contributed by atoms with van der Waals surface area (Å²) in [7, 11) is -3.38. The molecule has 0 fully saturated rings. The summed E-state index contributed by atoms with van der Waals surface area (Å²) in [6, 6.07) is 14.7. The minimum absolute atomic E-state index is 0.238. The van der Waals surface area contributed by atoms with Crippen LogP contribution < -0.4 is 4.72 Å². The van der Waals surface area contributed by atoms with E-state index in [0.29, 0.717) is 10.7 Å². The molecule has 9 heteroatoms. The number of anilines is 1. The van der Waals surface area contributed by atoms with E-state index in [1.165, 1.54) is 0 Å². The van der Waals surface area contributed by atoms with E-state index in [9.17, 15) is 8.42 Å². The van der Waals surface area contributed by atoms with Crippen LogP contribution in [0.2, 0.25) is 5.02 Å². The van der Waals surface area contributed by atoms with E-state index in [1.54, 1.807) is 24.3 Å². The number of hydrogen-bond donors (Lipinski definition) is 1. The standard InChI is InChI=1S/C19H18ClN3O2S.CO2/c1-19(13-21-2,14-7-9-15(20)10-8-14)23-12-11-16-17(22-26(3,24)25)5-4-6-18(16)23;2-1-3/h4-12,22H,13H2,1,3H3;. The Morgan fingerprint density at radius 2 is 1.79 bits per heavy atom. The molecule has 0 bridgehead atoms. The fourth-order valence-corrected chi connectivity index (χ4v) is 3.86. The fraction of sp³-hybridized carbons (Fsp3) is 0.200. The third-order valence-electron chi connectivity index (χ3n) is 4.41. The van der Waals surface area contributed by atoms with Crippen molar-refractivity contribution >= 4 is 44.4 Å². The molecule has 0 saturated heterocycles. The topological polar surface area (TPSA) is 89.6 Å². The highest BCUT2D eigenvalue weighted by Crippen LogP contribution is 2.34. The van der Waals surface area contributed by atoms with Crippen LogP contribution in [0, 0.1) is 6.57 Å². The molecule has 0 aliphatic heterocycles. The molecule has 0 radical (unpaired) electrons. The average Bonchev–Trinajstić information content (AvgIpc) is 3.08. The van der Waals surface area contributed by atoms with Gasteiger partial charge in [0.25, 0.3) is 0 Å². The molecular weight excluding hydrogens is 414 g/mol. The molecule has 1 N–H and O–H groups in total. The van der Waals surface area contributed by atoms with Gasteiger partial charge in [-0.2, -0.15) is 9.59 Å². The molecule has 0 aliphatic carbocycles. The third kappa shape index (κ3) is 5.04. The molecule has 3 aromatic rings. The molecule has 0 aliphatic rings. The summed E-state index contributed by atoms with van der Waals surface area (Å²) in [5.41, 5.74) is 1.71. The molecule has 150 valence electrons. The Hall–Kier alpha value is -3.11. The average molecular weight is 432 g/mol. The highest BCUT2D eigenvalue weighted by Gasteiger charge is 2.33. The predicted octanol–water partition coefficient (Wildman–Crippen LogP) is 3.77. The van der Waals surface area contributed by atoms with Gasteiger partial charge in [-0.25, -0.2) is 15.0 Å². The zero-order valence-corrected chi connectivity index (χ0v) is 17.3. The van der Waals surface area contributed by atoms with Gasteiger partial charge in [-0.3, -0.25) is 4.72 Å². The first-order chi connectivity index (χ1) is 13.7. The molecule has 1 heterocycles. The van der Waals surface area contributed by atoms with Crippen LogP contribution in [-0.2, 0) is 25.2 Å². The van der Waals surface area contributed by atoms with Crippen molar-refractivity contribution in [2.75, 3.05) is 17.5 Å². The highest BCUT2D eigenvalue weighted by atomic mass is 35.5. The Kier molecular flexibility index (Phi) is 6.83. The Labute approximate surface area is 173 Å². The first-order valence-corrected chi connectivity index (χ1v) is 10.6. The van der Waals surface area contributed by atoms with E-state index in [1.807, 2.05) is 42.0 Å². The molecule has 1 atom stereocenters. The minimum atomic E-state index is -3.38. The van der Waals surface area contributed by atoms with Crippen molar-refractivity contribution in [1.29, 1.82) is 0 Å². The maximum Gasteiger partial charge on any atom is 0.373 e. The number of nitrogens with zero attached hydrogens (tertiary/aromatic N) is 2. The Bertz CT molecular complexity index is 1190. The maximum atomic E-state index is 11.6. The maximum absolute atomic E-state index is 11.6. The lowest BCUT2D eigenvalue weighted by molar-refractivity contribution is -0.191. The summed E-state index contributed by atoms with van der Waals surface area (Å²) in [5.74, 6) is 0. The van der Waals surface area contributed by atoms with Gasteiger partial charge in [-0.1, -0.05) is 29.8 Å². The van der Waals surface area contributed by atoms with Crippen LogP contribution in [0.1, 0.15) is 12.5 Å². The molecule has 2 aromatic carbocycles. The van der Waals surface area contributed by atoms with E-state index in [2.05, 4.69) is 9.57 Å². The molecule has 1 aromatic heterocycles. The van der Waals surface area contributed by atoms with Gasteiger partial charge in [-0.05, 0) is 42.8 Å². The number of carbonyl (C=O) groups excluding carboxylic acids is 2. The third-order valence-corrected chi connectivity index (χ3v) is 5.26. The first-order valence-electron chi connectivity index (χ1n) is 8.33. The van der Waals surface area contributed by atoms with Crippen molar-refractivity contribution in [2.24, 2.45) is 0 Å². The zero-order chi connectivity index (χ0) is 21.7. The smallest absolute Gasteiger partial charge is 0.330 e. The zero-order valence-electron chi connectivity index (χ0n) is 15.7. The number of hydrogen-bond acceptors (Lipinski definition) is 4. The molecule has 29 heavy (non-hydrogen) atoms. The molecule has 7 nitrogen and oxygen atoms in total. The number of aromatic nitrogens is 1. The van der Waals surface area contributed by atoms with E-state index < -0.39 is 15.6 Å². The largest absolute Gasteiger partial charge is 0.373 e. The van der Waals surface area contributed by atoms with Gasteiger partial charge in [0, 0.05) is 16.6 Å². The summed E-state index contributed by atoms with van der Waals surface area (Å²) in [6.45, 7) is 9.64. The van der Waals surface area contributed by atoms with Crippen LogP contribution in [0.3, 0.4) is 0 Å². The molecule has 0 saturated carbocycles. The molecule has 0 spiro atoms. The first kappa shape index (κ1) is 22.2. The Morgan fingerprint density at radius 3 is 2.34 bits per heavy atom. The lowest BCUT2D eigenvalue weighted by Gasteiger charge is -2.28. The van der Waals surface area contributed by atoms with Crippen molar-refractivity contribution in [2.45, 2.75) is 12.5 Å². The monoisotopic (exact) mass is 431 g/mol. The van der Waals surface area contributed by atoms with Crippen LogP contribution in [0.4, 0.5) is 5.69 Å². The van der Waals surface area contributed by atoms with Gasteiger partial charge in [-0.15, -0.1) is 0 Å². The van der Waals surface area contributed by atoms with Gasteiger partial charge >= 0.3 is 6.15 Å². The summed E-state index contributed by atoms with van der Waals surface area (Å²) in [6.07, 6.45) is 3.26. The van der Waals surface area contributed by atoms with Crippen LogP contribution >= 0.6 is 11.6 Å². The van der Waals surface area contributed by atoms with Gasteiger partial charge in [0.2, 0.25) is 16.6 Å².